The van der Waals surface area contributed by atoms with Gasteiger partial charge in [0, 0.05) is 24.3 Å². The van der Waals surface area contributed by atoms with Gasteiger partial charge >= 0.3 is 0 Å². The fourth-order valence-electron chi connectivity index (χ4n) is 3.86. The quantitative estimate of drug-likeness (QED) is 0.552. The van der Waals surface area contributed by atoms with E-state index in [0.717, 1.165) is 11.1 Å². The predicted octanol–water partition coefficient (Wildman–Crippen LogP) is 3.64. The van der Waals surface area contributed by atoms with Gasteiger partial charge in [-0.2, -0.15) is 0 Å². The molecule has 2 heterocycles. The molecule has 8 nitrogen and oxygen atoms in total. The average molecular weight is 468 g/mol. The average Bonchev–Trinajstić information content (AvgIpc) is 3.34. The molecule has 0 spiro atoms. The Morgan fingerprint density at radius 3 is 2.36 bits per heavy atom. The molecule has 1 unspecified atom stereocenters. The Kier molecular flexibility index (Phi) is 6.50. The number of amides is 2. The molecule has 172 valence electrons. The highest BCUT2D eigenvalue weighted by atomic mass is 32.2. The molecule has 0 fully saturated rings. The van der Waals surface area contributed by atoms with Crippen molar-refractivity contribution < 1.29 is 22.4 Å². The van der Waals surface area contributed by atoms with Crippen molar-refractivity contribution in [2.75, 3.05) is 15.8 Å². The number of carbonyl (C=O) groups is 2. The SMILES string of the molecule is CCCS(=O)(=O)Nc1ccc(NC(=O)C2Cc3ccccc3CN2C(=O)c2ccco2)cc1. The van der Waals surface area contributed by atoms with Gasteiger partial charge in [0.2, 0.25) is 15.9 Å². The van der Waals surface area contributed by atoms with Crippen LogP contribution in [0.3, 0.4) is 0 Å². The number of carbonyl (C=O) groups excluding carboxylic acids is 2. The third kappa shape index (κ3) is 5.25. The van der Waals surface area contributed by atoms with E-state index in [0.29, 0.717) is 30.8 Å². The minimum absolute atomic E-state index is 0.0359. The van der Waals surface area contributed by atoms with Crippen LogP contribution in [-0.2, 0) is 27.8 Å². The predicted molar refractivity (Wildman–Crippen MR) is 125 cm³/mol. The van der Waals surface area contributed by atoms with Gasteiger partial charge < -0.3 is 14.6 Å². The van der Waals surface area contributed by atoms with E-state index in [1.165, 1.54) is 11.2 Å². The molecular formula is C24H25N3O5S. The summed E-state index contributed by atoms with van der Waals surface area (Å²) in [6, 6.07) is 16.6. The number of hydrogen-bond donors (Lipinski definition) is 2. The van der Waals surface area contributed by atoms with Crippen LogP contribution in [0.2, 0.25) is 0 Å². The molecule has 0 bridgehead atoms. The summed E-state index contributed by atoms with van der Waals surface area (Å²) in [5, 5.41) is 2.85. The van der Waals surface area contributed by atoms with Gasteiger partial charge in [0.15, 0.2) is 5.76 Å². The number of fused-ring (bicyclic) bond motifs is 1. The maximum Gasteiger partial charge on any atom is 0.290 e. The Hall–Kier alpha value is -3.59. The molecule has 4 rings (SSSR count). The van der Waals surface area contributed by atoms with Crippen molar-refractivity contribution in [3.63, 3.8) is 0 Å². The van der Waals surface area contributed by atoms with Crippen LogP contribution < -0.4 is 10.0 Å². The van der Waals surface area contributed by atoms with Crippen LogP contribution in [0.4, 0.5) is 11.4 Å². The lowest BCUT2D eigenvalue weighted by Gasteiger charge is -2.35. The summed E-state index contributed by atoms with van der Waals surface area (Å²) in [6.45, 7) is 2.09. The van der Waals surface area contributed by atoms with E-state index >= 15 is 0 Å². The number of benzene rings is 2. The monoisotopic (exact) mass is 467 g/mol. The summed E-state index contributed by atoms with van der Waals surface area (Å²) < 4.78 is 31.7. The molecule has 0 saturated heterocycles. The summed E-state index contributed by atoms with van der Waals surface area (Å²) >= 11 is 0. The zero-order valence-corrected chi connectivity index (χ0v) is 19.0. The van der Waals surface area contributed by atoms with Crippen LogP contribution in [0.25, 0.3) is 0 Å². The topological polar surface area (TPSA) is 109 Å². The highest BCUT2D eigenvalue weighted by molar-refractivity contribution is 7.92. The molecular weight excluding hydrogens is 442 g/mol. The second-order valence-electron chi connectivity index (χ2n) is 7.89. The van der Waals surface area contributed by atoms with Crippen LogP contribution >= 0.6 is 0 Å². The molecule has 1 aliphatic rings. The van der Waals surface area contributed by atoms with Crippen molar-refractivity contribution in [3.05, 3.63) is 83.8 Å². The first kappa shape index (κ1) is 22.6. The zero-order valence-electron chi connectivity index (χ0n) is 18.2. The van der Waals surface area contributed by atoms with E-state index < -0.39 is 16.1 Å². The van der Waals surface area contributed by atoms with Crippen molar-refractivity contribution in [1.82, 2.24) is 4.90 Å². The van der Waals surface area contributed by atoms with Gasteiger partial charge in [0.1, 0.15) is 6.04 Å². The van der Waals surface area contributed by atoms with Crippen molar-refractivity contribution in [2.24, 2.45) is 0 Å². The van der Waals surface area contributed by atoms with Gasteiger partial charge in [0.05, 0.1) is 12.0 Å². The molecule has 2 N–H and O–H groups in total. The van der Waals surface area contributed by atoms with Gasteiger partial charge in [-0.15, -0.1) is 0 Å². The Bertz CT molecular complexity index is 1240. The number of rotatable bonds is 7. The summed E-state index contributed by atoms with van der Waals surface area (Å²) in [4.78, 5) is 27.8. The lowest BCUT2D eigenvalue weighted by molar-refractivity contribution is -0.121. The minimum Gasteiger partial charge on any atom is -0.459 e. The number of sulfonamides is 1. The Balaban J connectivity index is 1.52. The molecule has 1 atom stereocenters. The van der Waals surface area contributed by atoms with Crippen LogP contribution in [0.1, 0.15) is 35.0 Å². The number of hydrogen-bond acceptors (Lipinski definition) is 5. The van der Waals surface area contributed by atoms with E-state index in [2.05, 4.69) is 10.0 Å². The number of furan rings is 1. The molecule has 2 amide bonds. The van der Waals surface area contributed by atoms with Crippen LogP contribution in [0.15, 0.2) is 71.3 Å². The van der Waals surface area contributed by atoms with Crippen molar-refractivity contribution in [1.29, 1.82) is 0 Å². The van der Waals surface area contributed by atoms with E-state index in [-0.39, 0.29) is 23.3 Å². The summed E-state index contributed by atoms with van der Waals surface area (Å²) in [5.41, 5.74) is 2.93. The van der Waals surface area contributed by atoms with Gasteiger partial charge in [-0.05, 0) is 53.9 Å². The number of nitrogens with one attached hydrogen (secondary N) is 2. The molecule has 2 aromatic carbocycles. The Morgan fingerprint density at radius 1 is 1.00 bits per heavy atom. The molecule has 33 heavy (non-hydrogen) atoms. The summed E-state index contributed by atoms with van der Waals surface area (Å²) in [6.07, 6.45) is 2.32. The van der Waals surface area contributed by atoms with Gasteiger partial charge in [-0.3, -0.25) is 14.3 Å². The van der Waals surface area contributed by atoms with Crippen molar-refractivity contribution in [2.45, 2.75) is 32.4 Å². The van der Waals surface area contributed by atoms with Crippen LogP contribution in [0, 0.1) is 0 Å². The molecule has 3 aromatic rings. The molecule has 0 radical (unpaired) electrons. The molecule has 9 heteroatoms. The third-order valence-corrected chi connectivity index (χ3v) is 6.94. The smallest absolute Gasteiger partial charge is 0.290 e. The Morgan fingerprint density at radius 2 is 1.70 bits per heavy atom. The molecule has 1 aliphatic heterocycles. The van der Waals surface area contributed by atoms with Crippen molar-refractivity contribution in [3.8, 4) is 0 Å². The fraction of sp³-hybridized carbons (Fsp3) is 0.250. The van der Waals surface area contributed by atoms with E-state index in [4.69, 9.17) is 4.42 Å². The largest absolute Gasteiger partial charge is 0.459 e. The van der Waals surface area contributed by atoms with Crippen molar-refractivity contribution >= 4 is 33.2 Å². The van der Waals surface area contributed by atoms with Crippen LogP contribution in [-0.4, -0.2) is 36.9 Å². The fourth-order valence-corrected chi connectivity index (χ4v) is 4.99. The molecule has 0 aliphatic carbocycles. The summed E-state index contributed by atoms with van der Waals surface area (Å²) in [7, 11) is -3.39. The lowest BCUT2D eigenvalue weighted by Crippen LogP contribution is -2.50. The Labute approximate surface area is 192 Å². The maximum atomic E-state index is 13.2. The van der Waals surface area contributed by atoms with Crippen LogP contribution in [0.5, 0.6) is 0 Å². The second-order valence-corrected chi connectivity index (χ2v) is 9.73. The third-order valence-electron chi connectivity index (χ3n) is 5.44. The van der Waals surface area contributed by atoms with Gasteiger partial charge in [-0.1, -0.05) is 31.2 Å². The van der Waals surface area contributed by atoms with E-state index in [9.17, 15) is 18.0 Å². The first-order valence-corrected chi connectivity index (χ1v) is 12.3. The minimum atomic E-state index is -3.39. The maximum absolute atomic E-state index is 13.2. The van der Waals surface area contributed by atoms with E-state index in [1.807, 2.05) is 24.3 Å². The summed E-state index contributed by atoms with van der Waals surface area (Å²) in [5.74, 6) is -0.469. The zero-order chi connectivity index (χ0) is 23.4. The number of anilines is 2. The highest BCUT2D eigenvalue weighted by Gasteiger charge is 2.36. The van der Waals surface area contributed by atoms with E-state index in [1.54, 1.807) is 43.3 Å². The van der Waals surface area contributed by atoms with Gasteiger partial charge in [-0.25, -0.2) is 8.42 Å². The first-order chi connectivity index (χ1) is 15.9. The van der Waals surface area contributed by atoms with Gasteiger partial charge in [0.25, 0.3) is 5.91 Å². The normalized spacial score (nSPS) is 15.5. The standard InChI is InChI=1S/C24H25N3O5S/c1-2-14-33(30,31)26-20-11-9-19(10-12-20)25-23(28)21-15-17-6-3-4-7-18(17)16-27(21)24(29)22-8-5-13-32-22/h3-13,21,26H,2,14-16H2,1H3,(H,25,28). The molecule has 1 aromatic heterocycles. The number of nitrogens with zero attached hydrogens (tertiary/aromatic N) is 1. The first-order valence-electron chi connectivity index (χ1n) is 10.7. The molecule has 0 saturated carbocycles. The highest BCUT2D eigenvalue weighted by Crippen LogP contribution is 2.26. The lowest BCUT2D eigenvalue weighted by atomic mass is 9.93. The second kappa shape index (κ2) is 9.50.